The van der Waals surface area contributed by atoms with E-state index in [2.05, 4.69) is 4.98 Å². The maximum atomic E-state index is 5.95. The molecule has 0 radical (unpaired) electrons. The molecule has 0 saturated heterocycles. The number of ether oxygens (including phenoxy) is 1. The number of nitrogens with zero attached hydrogens (tertiary/aromatic N) is 1. The quantitative estimate of drug-likeness (QED) is 0.815. The molecule has 0 bridgehead atoms. The molecule has 0 atom stereocenters. The van der Waals surface area contributed by atoms with Crippen molar-refractivity contribution < 1.29 is 4.74 Å². The summed E-state index contributed by atoms with van der Waals surface area (Å²) >= 11 is 7.57. The van der Waals surface area contributed by atoms with Crippen molar-refractivity contribution in [1.29, 1.82) is 0 Å². The number of rotatable bonds is 3. The number of aromatic nitrogens is 1. The van der Waals surface area contributed by atoms with E-state index in [0.717, 1.165) is 10.7 Å². The minimum atomic E-state index is 0.466. The summed E-state index contributed by atoms with van der Waals surface area (Å²) in [4.78, 5) is 4.31. The lowest BCUT2D eigenvalue weighted by Gasteiger charge is -2.05. The van der Waals surface area contributed by atoms with Gasteiger partial charge in [-0.25, -0.2) is 4.98 Å². The molecule has 2 nitrogen and oxygen atoms in total. The molecule has 0 aliphatic heterocycles. The Morgan fingerprint density at radius 3 is 2.87 bits per heavy atom. The van der Waals surface area contributed by atoms with Crippen LogP contribution < -0.4 is 4.74 Å². The van der Waals surface area contributed by atoms with Crippen LogP contribution in [0, 0.1) is 6.92 Å². The molecule has 2 rings (SSSR count). The van der Waals surface area contributed by atoms with Gasteiger partial charge >= 0.3 is 0 Å². The average molecular weight is 240 g/mol. The SMILES string of the molecule is Cc1nc(COc2ccccc2Cl)cs1. The number of thiazole rings is 1. The first-order valence-corrected chi connectivity index (χ1v) is 5.80. The Hall–Kier alpha value is -1.06. The van der Waals surface area contributed by atoms with E-state index in [1.807, 2.05) is 36.6 Å². The number of halogens is 1. The number of para-hydroxylation sites is 1. The van der Waals surface area contributed by atoms with Gasteiger partial charge in [0, 0.05) is 5.38 Å². The van der Waals surface area contributed by atoms with Gasteiger partial charge in [0.1, 0.15) is 12.4 Å². The van der Waals surface area contributed by atoms with Gasteiger partial charge in [-0.15, -0.1) is 11.3 Å². The Labute approximate surface area is 97.5 Å². The van der Waals surface area contributed by atoms with Crippen molar-refractivity contribution in [3.8, 4) is 5.75 Å². The van der Waals surface area contributed by atoms with Crippen LogP contribution in [0.2, 0.25) is 5.02 Å². The fourth-order valence-electron chi connectivity index (χ4n) is 1.19. The van der Waals surface area contributed by atoms with Gasteiger partial charge in [0.25, 0.3) is 0 Å². The molecule has 0 spiro atoms. The van der Waals surface area contributed by atoms with Gasteiger partial charge in [-0.2, -0.15) is 0 Å². The number of benzene rings is 1. The summed E-state index contributed by atoms with van der Waals surface area (Å²) in [6.07, 6.45) is 0. The third kappa shape index (κ3) is 2.70. The van der Waals surface area contributed by atoms with E-state index in [1.54, 1.807) is 11.3 Å². The molecule has 15 heavy (non-hydrogen) atoms. The normalized spacial score (nSPS) is 10.3. The Balaban J connectivity index is 2.02. The van der Waals surface area contributed by atoms with Crippen LogP contribution in [-0.2, 0) is 6.61 Å². The van der Waals surface area contributed by atoms with Crippen molar-refractivity contribution in [2.24, 2.45) is 0 Å². The van der Waals surface area contributed by atoms with Gasteiger partial charge in [0.15, 0.2) is 0 Å². The molecule has 2 aromatic rings. The van der Waals surface area contributed by atoms with Gasteiger partial charge in [-0.1, -0.05) is 23.7 Å². The molecule has 0 saturated carbocycles. The van der Waals surface area contributed by atoms with E-state index >= 15 is 0 Å². The molecule has 1 aromatic carbocycles. The molecule has 1 aromatic heterocycles. The van der Waals surface area contributed by atoms with E-state index < -0.39 is 0 Å². The maximum absolute atomic E-state index is 5.95. The maximum Gasteiger partial charge on any atom is 0.138 e. The highest BCUT2D eigenvalue weighted by molar-refractivity contribution is 7.09. The van der Waals surface area contributed by atoms with Crippen LogP contribution in [0.1, 0.15) is 10.7 Å². The average Bonchev–Trinajstić information content (AvgIpc) is 2.63. The Bertz CT molecular complexity index is 455. The van der Waals surface area contributed by atoms with Crippen LogP contribution in [0.4, 0.5) is 0 Å². The molecular formula is C11H10ClNOS. The van der Waals surface area contributed by atoms with Crippen LogP contribution in [0.3, 0.4) is 0 Å². The second-order valence-electron chi connectivity index (χ2n) is 3.08. The van der Waals surface area contributed by atoms with Crippen LogP contribution in [0.15, 0.2) is 29.6 Å². The predicted octanol–water partition coefficient (Wildman–Crippen LogP) is 3.68. The van der Waals surface area contributed by atoms with E-state index in [1.165, 1.54) is 0 Å². The van der Waals surface area contributed by atoms with Crippen molar-refractivity contribution in [2.75, 3.05) is 0 Å². The van der Waals surface area contributed by atoms with Crippen LogP contribution in [0.5, 0.6) is 5.75 Å². The third-order valence-electron chi connectivity index (χ3n) is 1.88. The monoisotopic (exact) mass is 239 g/mol. The van der Waals surface area contributed by atoms with Crippen LogP contribution in [-0.4, -0.2) is 4.98 Å². The standard InChI is InChI=1S/C11H10ClNOS/c1-8-13-9(7-15-8)6-14-11-5-3-2-4-10(11)12/h2-5,7H,6H2,1H3. The minimum Gasteiger partial charge on any atom is -0.486 e. The molecule has 0 aliphatic carbocycles. The highest BCUT2D eigenvalue weighted by atomic mass is 35.5. The Morgan fingerprint density at radius 1 is 1.40 bits per heavy atom. The number of hydrogen-bond donors (Lipinski definition) is 0. The van der Waals surface area contributed by atoms with Crippen molar-refractivity contribution in [3.05, 3.63) is 45.4 Å². The summed E-state index contributed by atoms with van der Waals surface area (Å²) < 4.78 is 5.55. The van der Waals surface area contributed by atoms with Crippen molar-refractivity contribution in [1.82, 2.24) is 4.98 Å². The summed E-state index contributed by atoms with van der Waals surface area (Å²) in [7, 11) is 0. The van der Waals surface area contributed by atoms with Crippen LogP contribution in [0.25, 0.3) is 0 Å². The second kappa shape index (κ2) is 4.64. The van der Waals surface area contributed by atoms with E-state index in [4.69, 9.17) is 16.3 Å². The molecule has 0 amide bonds. The van der Waals surface area contributed by atoms with Crippen molar-refractivity contribution in [2.45, 2.75) is 13.5 Å². The van der Waals surface area contributed by atoms with Gasteiger partial charge in [-0.3, -0.25) is 0 Å². The first-order valence-electron chi connectivity index (χ1n) is 4.54. The Morgan fingerprint density at radius 2 is 2.20 bits per heavy atom. The molecule has 0 N–H and O–H groups in total. The fourth-order valence-corrected chi connectivity index (χ4v) is 1.98. The topological polar surface area (TPSA) is 22.1 Å². The lowest BCUT2D eigenvalue weighted by atomic mass is 10.3. The lowest BCUT2D eigenvalue weighted by molar-refractivity contribution is 0.302. The van der Waals surface area contributed by atoms with E-state index in [-0.39, 0.29) is 0 Å². The molecule has 0 unspecified atom stereocenters. The van der Waals surface area contributed by atoms with Gasteiger partial charge < -0.3 is 4.74 Å². The molecule has 0 fully saturated rings. The zero-order valence-electron chi connectivity index (χ0n) is 8.24. The molecule has 78 valence electrons. The molecule has 0 aliphatic rings. The fraction of sp³-hybridized carbons (Fsp3) is 0.182. The van der Waals surface area contributed by atoms with E-state index in [0.29, 0.717) is 17.4 Å². The highest BCUT2D eigenvalue weighted by Crippen LogP contribution is 2.24. The smallest absolute Gasteiger partial charge is 0.138 e. The summed E-state index contributed by atoms with van der Waals surface area (Å²) in [5.74, 6) is 0.699. The lowest BCUT2D eigenvalue weighted by Crippen LogP contribution is -1.96. The summed E-state index contributed by atoms with van der Waals surface area (Å²) in [6, 6.07) is 7.43. The first-order chi connectivity index (χ1) is 7.25. The van der Waals surface area contributed by atoms with Crippen molar-refractivity contribution >= 4 is 22.9 Å². The largest absolute Gasteiger partial charge is 0.486 e. The number of hydrogen-bond acceptors (Lipinski definition) is 3. The number of aryl methyl sites for hydroxylation is 1. The van der Waals surface area contributed by atoms with Gasteiger partial charge in [-0.05, 0) is 19.1 Å². The van der Waals surface area contributed by atoms with Gasteiger partial charge in [0.05, 0.1) is 15.7 Å². The second-order valence-corrected chi connectivity index (χ2v) is 4.55. The zero-order valence-corrected chi connectivity index (χ0v) is 9.81. The first kappa shape index (κ1) is 10.5. The summed E-state index contributed by atoms with van der Waals surface area (Å²) in [5, 5.41) is 3.67. The highest BCUT2D eigenvalue weighted by Gasteiger charge is 2.02. The van der Waals surface area contributed by atoms with Gasteiger partial charge in [0.2, 0.25) is 0 Å². The molecular weight excluding hydrogens is 230 g/mol. The third-order valence-corrected chi connectivity index (χ3v) is 3.01. The summed E-state index contributed by atoms with van der Waals surface area (Å²) in [5.41, 5.74) is 0.942. The molecule has 1 heterocycles. The molecule has 4 heteroatoms. The van der Waals surface area contributed by atoms with Crippen molar-refractivity contribution in [3.63, 3.8) is 0 Å². The van der Waals surface area contributed by atoms with E-state index in [9.17, 15) is 0 Å². The predicted molar refractivity (Wildman–Crippen MR) is 62.6 cm³/mol. The summed E-state index contributed by atoms with van der Waals surface area (Å²) in [6.45, 7) is 2.44. The minimum absolute atomic E-state index is 0.466. The zero-order chi connectivity index (χ0) is 10.7. The Kier molecular flexibility index (Phi) is 3.23. The van der Waals surface area contributed by atoms with Crippen LogP contribution >= 0.6 is 22.9 Å².